The fraction of sp³-hybridized carbons (Fsp3) is 0.545. The van der Waals surface area contributed by atoms with E-state index in [9.17, 15) is 14.0 Å². The summed E-state index contributed by atoms with van der Waals surface area (Å²) in [6.07, 6.45) is 0.658. The first kappa shape index (κ1) is 24.9. The van der Waals surface area contributed by atoms with Gasteiger partial charge in [0.15, 0.2) is 0 Å². The highest BCUT2D eigenvalue weighted by Crippen LogP contribution is 2.38. The van der Waals surface area contributed by atoms with E-state index in [1.54, 1.807) is 32.9 Å². The largest absolute Gasteiger partial charge is 0.492 e. The third-order valence-corrected chi connectivity index (χ3v) is 5.16. The van der Waals surface area contributed by atoms with Crippen LogP contribution >= 0.6 is 0 Å². The molecule has 1 aliphatic rings. The summed E-state index contributed by atoms with van der Waals surface area (Å²) in [6, 6.07) is 4.29. The van der Waals surface area contributed by atoms with E-state index < -0.39 is 48.2 Å². The number of alkyl carbamates (subject to hydrolysis) is 1. The molecular weight excluding hydrogens is 404 g/mol. The van der Waals surface area contributed by atoms with Gasteiger partial charge >= 0.3 is 19.2 Å². The molecule has 1 aliphatic heterocycles. The minimum atomic E-state index is -1.11. The minimum absolute atomic E-state index is 0.0598. The van der Waals surface area contributed by atoms with Crippen LogP contribution in [0.25, 0.3) is 6.08 Å². The lowest BCUT2D eigenvalue weighted by Gasteiger charge is -2.32. The smallest absolute Gasteiger partial charge is 0.481 e. The summed E-state index contributed by atoms with van der Waals surface area (Å²) < 4.78 is 31.8. The Balaban J connectivity index is 2.30. The van der Waals surface area contributed by atoms with E-state index in [0.29, 0.717) is 11.0 Å². The molecule has 0 radical (unpaired) electrons. The average Bonchev–Trinajstić information content (AvgIpc) is 2.79. The number of nitrogens with one attached hydrogen (secondary N) is 1. The SMILES string of the molecule is CC(C)(C)OC(=O)NCC(=Cc1ccc(CC(=O)O)c(F)c1)B1OC(C)(C)C(C)(C)O1. The number of benzene rings is 1. The first-order valence-electron chi connectivity index (χ1n) is 10.1. The second-order valence-electron chi connectivity index (χ2n) is 9.58. The van der Waals surface area contributed by atoms with Gasteiger partial charge in [-0.1, -0.05) is 18.2 Å². The van der Waals surface area contributed by atoms with Crippen LogP contribution in [0.4, 0.5) is 9.18 Å². The molecule has 0 unspecified atom stereocenters. The van der Waals surface area contributed by atoms with Crippen molar-refractivity contribution in [3.05, 3.63) is 40.6 Å². The first-order valence-corrected chi connectivity index (χ1v) is 10.1. The molecule has 31 heavy (non-hydrogen) atoms. The molecule has 7 nitrogen and oxygen atoms in total. The van der Waals surface area contributed by atoms with E-state index in [-0.39, 0.29) is 12.1 Å². The van der Waals surface area contributed by atoms with Crippen molar-refractivity contribution in [2.24, 2.45) is 0 Å². The van der Waals surface area contributed by atoms with Gasteiger partial charge in [0.2, 0.25) is 0 Å². The summed E-state index contributed by atoms with van der Waals surface area (Å²) in [7, 11) is -0.762. The van der Waals surface area contributed by atoms with Crippen molar-refractivity contribution >= 4 is 25.3 Å². The number of aliphatic carboxylic acids is 1. The molecular formula is C22H31BFNO6. The third kappa shape index (κ3) is 6.80. The standard InChI is InChI=1S/C22H31BFNO6/c1-20(2,3)29-19(28)25-13-16(23-30-21(4,5)22(6,7)31-23)10-14-8-9-15(12-18(26)27)17(24)11-14/h8-11H,12-13H2,1-7H3,(H,25,28)(H,26,27). The van der Waals surface area contributed by atoms with Crippen LogP contribution in [0.15, 0.2) is 23.7 Å². The third-order valence-electron chi connectivity index (χ3n) is 5.16. The van der Waals surface area contributed by atoms with Crippen molar-refractivity contribution in [2.45, 2.75) is 71.7 Å². The molecule has 0 aliphatic carbocycles. The second kappa shape index (κ2) is 9.00. The summed E-state index contributed by atoms with van der Waals surface area (Å²) in [6.45, 7) is 13.0. The van der Waals surface area contributed by atoms with E-state index in [1.165, 1.54) is 12.1 Å². The Bertz CT molecular complexity index is 859. The summed E-state index contributed by atoms with van der Waals surface area (Å²) >= 11 is 0. The Kier molecular flexibility index (Phi) is 7.23. The maximum atomic E-state index is 14.3. The van der Waals surface area contributed by atoms with Gasteiger partial charge in [0, 0.05) is 6.54 Å². The zero-order valence-electron chi connectivity index (χ0n) is 19.2. The van der Waals surface area contributed by atoms with Crippen molar-refractivity contribution in [2.75, 3.05) is 6.54 Å². The Morgan fingerprint density at radius 2 is 1.77 bits per heavy atom. The van der Waals surface area contributed by atoms with Gasteiger partial charge in [-0.2, -0.15) is 0 Å². The topological polar surface area (TPSA) is 94.1 Å². The molecule has 2 N–H and O–H groups in total. The molecule has 9 heteroatoms. The van der Waals surface area contributed by atoms with Crippen molar-refractivity contribution < 1.29 is 33.1 Å². The number of carbonyl (C=O) groups is 2. The molecule has 0 spiro atoms. The Morgan fingerprint density at radius 1 is 1.19 bits per heavy atom. The van der Waals surface area contributed by atoms with Gasteiger partial charge in [0.05, 0.1) is 17.6 Å². The second-order valence-corrected chi connectivity index (χ2v) is 9.58. The Labute approximate surface area is 183 Å². The van der Waals surface area contributed by atoms with Gasteiger partial charge in [-0.15, -0.1) is 0 Å². The molecule has 0 bridgehead atoms. The number of amides is 1. The molecule has 0 aromatic heterocycles. The Morgan fingerprint density at radius 3 is 2.26 bits per heavy atom. The lowest BCUT2D eigenvalue weighted by atomic mass is 9.77. The van der Waals surface area contributed by atoms with Gasteiger partial charge in [0.1, 0.15) is 11.4 Å². The van der Waals surface area contributed by atoms with E-state index in [2.05, 4.69) is 5.32 Å². The zero-order valence-corrected chi connectivity index (χ0v) is 19.2. The maximum absolute atomic E-state index is 14.3. The monoisotopic (exact) mass is 435 g/mol. The number of halogens is 1. The lowest BCUT2D eigenvalue weighted by molar-refractivity contribution is -0.136. The molecule has 1 saturated heterocycles. The molecule has 0 atom stereocenters. The Hall–Kier alpha value is -2.39. The summed E-state index contributed by atoms with van der Waals surface area (Å²) in [5.74, 6) is -1.73. The summed E-state index contributed by atoms with van der Waals surface area (Å²) in [4.78, 5) is 23.0. The first-order chi connectivity index (χ1) is 14.1. The molecule has 1 heterocycles. The molecule has 1 aromatic carbocycles. The van der Waals surface area contributed by atoms with Crippen LogP contribution in [0.1, 0.15) is 59.6 Å². The van der Waals surface area contributed by atoms with Gasteiger partial charge in [0.25, 0.3) is 0 Å². The predicted molar refractivity (Wildman–Crippen MR) is 116 cm³/mol. The number of ether oxygens (including phenoxy) is 1. The van der Waals surface area contributed by atoms with E-state index in [1.807, 2.05) is 27.7 Å². The van der Waals surface area contributed by atoms with Gasteiger partial charge < -0.3 is 24.5 Å². The van der Waals surface area contributed by atoms with Crippen LogP contribution < -0.4 is 5.32 Å². The predicted octanol–water partition coefficient (Wildman–Crippen LogP) is 3.99. The highest BCUT2D eigenvalue weighted by molar-refractivity contribution is 6.56. The fourth-order valence-corrected chi connectivity index (χ4v) is 2.86. The number of carboxylic acids is 1. The van der Waals surface area contributed by atoms with Gasteiger partial charge in [-0.3, -0.25) is 4.79 Å². The van der Waals surface area contributed by atoms with E-state index in [4.69, 9.17) is 19.2 Å². The molecule has 1 amide bonds. The van der Waals surface area contributed by atoms with Crippen molar-refractivity contribution in [1.29, 1.82) is 0 Å². The highest BCUT2D eigenvalue weighted by Gasteiger charge is 2.52. The fourth-order valence-electron chi connectivity index (χ4n) is 2.86. The minimum Gasteiger partial charge on any atom is -0.481 e. The summed E-state index contributed by atoms with van der Waals surface area (Å²) in [5, 5.41) is 11.6. The molecule has 2 rings (SSSR count). The zero-order chi connectivity index (χ0) is 23.6. The lowest BCUT2D eigenvalue weighted by Crippen LogP contribution is -2.41. The van der Waals surface area contributed by atoms with Crippen molar-refractivity contribution in [3.63, 3.8) is 0 Å². The van der Waals surface area contributed by atoms with Crippen molar-refractivity contribution in [3.8, 4) is 0 Å². The van der Waals surface area contributed by atoms with Crippen LogP contribution in [0, 0.1) is 5.82 Å². The van der Waals surface area contributed by atoms with Crippen LogP contribution in [-0.4, -0.2) is 47.6 Å². The number of carboxylic acid groups (broad SMARTS) is 1. The average molecular weight is 435 g/mol. The normalized spacial score (nSPS) is 18.1. The van der Waals surface area contributed by atoms with E-state index in [0.717, 1.165) is 0 Å². The molecule has 0 saturated carbocycles. The van der Waals surface area contributed by atoms with E-state index >= 15 is 0 Å². The number of hydrogen-bond donors (Lipinski definition) is 2. The number of hydrogen-bond acceptors (Lipinski definition) is 5. The number of carbonyl (C=O) groups excluding carboxylic acids is 1. The van der Waals surface area contributed by atoms with Crippen LogP contribution in [0.5, 0.6) is 0 Å². The highest BCUT2D eigenvalue weighted by atomic mass is 19.1. The van der Waals surface area contributed by atoms with Gasteiger partial charge in [-0.25, -0.2) is 9.18 Å². The maximum Gasteiger partial charge on any atom is 0.492 e. The molecule has 1 fully saturated rings. The van der Waals surface area contributed by atoms with Crippen LogP contribution in [-0.2, 0) is 25.3 Å². The number of rotatable bonds is 6. The van der Waals surface area contributed by atoms with Crippen LogP contribution in [0.3, 0.4) is 0 Å². The molecule has 170 valence electrons. The summed E-state index contributed by atoms with van der Waals surface area (Å²) in [5.41, 5.74) is -0.703. The van der Waals surface area contributed by atoms with Gasteiger partial charge in [-0.05, 0) is 71.1 Å². The quantitative estimate of drug-likeness (QED) is 0.657. The van der Waals surface area contributed by atoms with Crippen molar-refractivity contribution in [1.82, 2.24) is 5.32 Å². The van der Waals surface area contributed by atoms with Crippen LogP contribution in [0.2, 0.25) is 0 Å². The molecule has 1 aromatic rings.